The fourth-order valence-electron chi connectivity index (χ4n) is 2.91. The molecule has 2 aromatic carbocycles. The molecular formula is C22H19ClN2O4. The van der Waals surface area contributed by atoms with Crippen molar-refractivity contribution in [1.29, 1.82) is 0 Å². The highest BCUT2D eigenvalue weighted by molar-refractivity contribution is 6.30. The number of amides is 1. The first-order chi connectivity index (χ1) is 14.1. The van der Waals surface area contributed by atoms with E-state index in [9.17, 15) is 4.79 Å². The summed E-state index contributed by atoms with van der Waals surface area (Å²) in [5.74, 6) is 3.05. The highest BCUT2D eigenvalue weighted by Crippen LogP contribution is 2.36. The summed E-state index contributed by atoms with van der Waals surface area (Å²) in [6, 6.07) is 12.4. The summed E-state index contributed by atoms with van der Waals surface area (Å²) < 4.78 is 15.9. The Morgan fingerprint density at radius 2 is 1.93 bits per heavy atom. The second-order valence-electron chi connectivity index (χ2n) is 6.14. The number of carbonyl (C=O) groups excluding carboxylic acids is 1. The molecule has 29 heavy (non-hydrogen) atoms. The van der Waals surface area contributed by atoms with Crippen LogP contribution in [0.5, 0.6) is 11.5 Å². The van der Waals surface area contributed by atoms with Crippen LogP contribution in [0.1, 0.15) is 17.9 Å². The number of nitrogens with zero attached hydrogens (tertiary/aromatic N) is 1. The Morgan fingerprint density at radius 3 is 2.59 bits per heavy atom. The lowest BCUT2D eigenvalue weighted by Gasteiger charge is -2.14. The van der Waals surface area contributed by atoms with Gasteiger partial charge in [0.05, 0.1) is 31.9 Å². The minimum atomic E-state index is -0.555. The summed E-state index contributed by atoms with van der Waals surface area (Å²) in [4.78, 5) is 12.9. The van der Waals surface area contributed by atoms with Crippen molar-refractivity contribution in [3.63, 3.8) is 0 Å². The predicted octanol–water partition coefficient (Wildman–Crippen LogP) is 4.76. The van der Waals surface area contributed by atoms with Gasteiger partial charge in [-0.1, -0.05) is 35.0 Å². The van der Waals surface area contributed by atoms with E-state index < -0.39 is 5.92 Å². The summed E-state index contributed by atoms with van der Waals surface area (Å²) in [5, 5.41) is 7.19. The van der Waals surface area contributed by atoms with E-state index in [-0.39, 0.29) is 18.2 Å². The number of aromatic nitrogens is 1. The van der Waals surface area contributed by atoms with Gasteiger partial charge in [-0.15, -0.1) is 12.3 Å². The molecule has 7 heteroatoms. The molecule has 0 fully saturated rings. The van der Waals surface area contributed by atoms with E-state index in [0.717, 1.165) is 11.1 Å². The standard InChI is InChI=1S/C22H19ClN2O4/c1-4-5-17(14-6-9-16(23)10-7-14)21(26)25-22-18(13-24-29-22)15-8-11-19(27-2)20(12-15)28-3/h1,6-13,17H,5H2,2-3H3,(H,25,26). The molecule has 0 aliphatic rings. The third-order valence-corrected chi connectivity index (χ3v) is 4.66. The first-order valence-electron chi connectivity index (χ1n) is 8.74. The van der Waals surface area contributed by atoms with E-state index in [2.05, 4.69) is 16.4 Å². The Morgan fingerprint density at radius 1 is 1.21 bits per heavy atom. The molecule has 0 bridgehead atoms. The summed E-state index contributed by atoms with van der Waals surface area (Å²) in [5.41, 5.74) is 2.12. The van der Waals surface area contributed by atoms with Crippen molar-refractivity contribution < 1.29 is 18.8 Å². The zero-order valence-electron chi connectivity index (χ0n) is 15.9. The average molecular weight is 411 g/mol. The first kappa shape index (κ1) is 20.3. The van der Waals surface area contributed by atoms with Crippen LogP contribution in [0, 0.1) is 12.3 Å². The highest BCUT2D eigenvalue weighted by Gasteiger charge is 2.23. The van der Waals surface area contributed by atoms with Gasteiger partial charge in [-0.25, -0.2) is 0 Å². The number of halogens is 1. The van der Waals surface area contributed by atoms with Gasteiger partial charge < -0.3 is 14.0 Å². The van der Waals surface area contributed by atoms with E-state index in [4.69, 9.17) is 32.0 Å². The molecular weight excluding hydrogens is 392 g/mol. The number of ether oxygens (including phenoxy) is 2. The lowest BCUT2D eigenvalue weighted by molar-refractivity contribution is -0.117. The predicted molar refractivity (Wildman–Crippen MR) is 111 cm³/mol. The Balaban J connectivity index is 1.87. The molecule has 148 valence electrons. The molecule has 1 aromatic heterocycles. The van der Waals surface area contributed by atoms with Crippen molar-refractivity contribution in [2.45, 2.75) is 12.3 Å². The van der Waals surface area contributed by atoms with Gasteiger partial charge in [0.25, 0.3) is 0 Å². The lowest BCUT2D eigenvalue weighted by Crippen LogP contribution is -2.21. The summed E-state index contributed by atoms with van der Waals surface area (Å²) >= 11 is 5.94. The molecule has 6 nitrogen and oxygen atoms in total. The van der Waals surface area contributed by atoms with E-state index in [1.807, 2.05) is 6.07 Å². The number of hydrogen-bond donors (Lipinski definition) is 1. The molecule has 0 aliphatic carbocycles. The van der Waals surface area contributed by atoms with Gasteiger partial charge in [0.1, 0.15) is 0 Å². The van der Waals surface area contributed by atoms with Crippen molar-refractivity contribution >= 4 is 23.4 Å². The number of methoxy groups -OCH3 is 2. The van der Waals surface area contributed by atoms with Crippen molar-refractivity contribution in [1.82, 2.24) is 5.16 Å². The smallest absolute Gasteiger partial charge is 0.239 e. The van der Waals surface area contributed by atoms with Crippen molar-refractivity contribution in [3.05, 3.63) is 59.2 Å². The maximum Gasteiger partial charge on any atom is 0.239 e. The largest absolute Gasteiger partial charge is 0.493 e. The van der Waals surface area contributed by atoms with E-state index >= 15 is 0 Å². The van der Waals surface area contributed by atoms with Crippen LogP contribution in [0.3, 0.4) is 0 Å². The lowest BCUT2D eigenvalue weighted by atomic mass is 9.95. The van der Waals surface area contributed by atoms with Gasteiger partial charge in [-0.3, -0.25) is 10.1 Å². The highest BCUT2D eigenvalue weighted by atomic mass is 35.5. The maximum atomic E-state index is 12.9. The van der Waals surface area contributed by atoms with Crippen LogP contribution in [-0.4, -0.2) is 25.3 Å². The normalized spacial score (nSPS) is 11.4. The van der Waals surface area contributed by atoms with Gasteiger partial charge in [-0.2, -0.15) is 0 Å². The molecule has 1 amide bonds. The van der Waals surface area contributed by atoms with Crippen LogP contribution in [-0.2, 0) is 4.79 Å². The number of benzene rings is 2. The molecule has 1 unspecified atom stereocenters. The van der Waals surface area contributed by atoms with Crippen LogP contribution < -0.4 is 14.8 Å². The Kier molecular flexibility index (Phi) is 6.43. The number of carbonyl (C=O) groups is 1. The van der Waals surface area contributed by atoms with Crippen LogP contribution in [0.2, 0.25) is 5.02 Å². The van der Waals surface area contributed by atoms with Gasteiger partial charge >= 0.3 is 0 Å². The molecule has 1 atom stereocenters. The third kappa shape index (κ3) is 4.53. The molecule has 0 saturated carbocycles. The van der Waals surface area contributed by atoms with E-state index in [1.165, 1.54) is 6.20 Å². The SMILES string of the molecule is C#CCC(C(=O)Nc1oncc1-c1ccc(OC)c(OC)c1)c1ccc(Cl)cc1. The first-order valence-corrected chi connectivity index (χ1v) is 9.12. The maximum absolute atomic E-state index is 12.9. The van der Waals surface area contributed by atoms with Crippen LogP contribution in [0.4, 0.5) is 5.88 Å². The van der Waals surface area contributed by atoms with Crippen LogP contribution >= 0.6 is 11.6 Å². The molecule has 3 aromatic rings. The van der Waals surface area contributed by atoms with Crippen LogP contribution in [0.15, 0.2) is 53.2 Å². The summed E-state index contributed by atoms with van der Waals surface area (Å²) in [7, 11) is 3.11. The second kappa shape index (κ2) is 9.18. The van der Waals surface area contributed by atoms with E-state index in [1.54, 1.807) is 50.6 Å². The average Bonchev–Trinajstić information content (AvgIpc) is 3.20. The molecule has 3 rings (SSSR count). The number of terminal acetylenes is 1. The van der Waals surface area contributed by atoms with E-state index in [0.29, 0.717) is 22.1 Å². The fraction of sp³-hybridized carbons (Fsp3) is 0.182. The van der Waals surface area contributed by atoms with Crippen molar-refractivity contribution in [2.24, 2.45) is 0 Å². The molecule has 1 heterocycles. The van der Waals surface area contributed by atoms with Crippen molar-refractivity contribution in [3.8, 4) is 35.0 Å². The Labute approximate surface area is 173 Å². The molecule has 1 N–H and O–H groups in total. The fourth-order valence-corrected chi connectivity index (χ4v) is 3.04. The molecule has 0 aliphatic heterocycles. The zero-order chi connectivity index (χ0) is 20.8. The number of hydrogen-bond acceptors (Lipinski definition) is 5. The summed E-state index contributed by atoms with van der Waals surface area (Å²) in [6.07, 6.45) is 7.22. The Bertz CT molecular complexity index is 1040. The molecule has 0 spiro atoms. The van der Waals surface area contributed by atoms with Gasteiger partial charge in [0.15, 0.2) is 11.5 Å². The topological polar surface area (TPSA) is 73.6 Å². The zero-order valence-corrected chi connectivity index (χ0v) is 16.7. The summed E-state index contributed by atoms with van der Waals surface area (Å²) in [6.45, 7) is 0. The van der Waals surface area contributed by atoms with Gasteiger partial charge in [0.2, 0.25) is 11.8 Å². The molecule has 0 radical (unpaired) electrons. The van der Waals surface area contributed by atoms with Crippen LogP contribution in [0.25, 0.3) is 11.1 Å². The number of rotatable bonds is 7. The van der Waals surface area contributed by atoms with Crippen molar-refractivity contribution in [2.75, 3.05) is 19.5 Å². The quantitative estimate of drug-likeness (QED) is 0.568. The van der Waals surface area contributed by atoms with Gasteiger partial charge in [0, 0.05) is 11.4 Å². The number of anilines is 1. The Hall–Kier alpha value is -3.43. The number of nitrogens with one attached hydrogen (secondary N) is 1. The second-order valence-corrected chi connectivity index (χ2v) is 6.58. The molecule has 0 saturated heterocycles. The monoisotopic (exact) mass is 410 g/mol. The third-order valence-electron chi connectivity index (χ3n) is 4.41. The minimum absolute atomic E-state index is 0.221. The van der Waals surface area contributed by atoms with Gasteiger partial charge in [-0.05, 0) is 35.4 Å². The minimum Gasteiger partial charge on any atom is -0.493 e.